The number of fused-ring (bicyclic) bond motifs is 1. The molecule has 45 heavy (non-hydrogen) atoms. The molecule has 0 bridgehead atoms. The molecule has 0 aliphatic heterocycles. The standard InChI is InChI=1S/C33H34Cl2FN9/c1-20(2)45-19-30(42-43-45)32(22-7-5-6-21(12-22)17-38-10-11-44(3)4)41-29-14-24(34)13-26-31(23(16-37)18-39-33(26)29)40-25-8-9-28(36)27(35)15-25/h5-9,12-15,18-20,32,38,41H,10-11,17H2,1-4H3,(H,39,40)/t32-/m0/s1. The first-order chi connectivity index (χ1) is 21.6. The quantitative estimate of drug-likeness (QED) is 0.121. The second kappa shape index (κ2) is 14.2. The van der Waals surface area contributed by atoms with Crippen LogP contribution in [0.1, 0.15) is 48.3 Å². The third-order valence-electron chi connectivity index (χ3n) is 7.25. The smallest absolute Gasteiger partial charge is 0.141 e. The van der Waals surface area contributed by atoms with Gasteiger partial charge in [0.2, 0.25) is 0 Å². The molecule has 0 saturated heterocycles. The molecule has 232 valence electrons. The van der Waals surface area contributed by atoms with Crippen molar-refractivity contribution in [2.45, 2.75) is 32.5 Å². The van der Waals surface area contributed by atoms with Gasteiger partial charge in [-0.3, -0.25) is 4.98 Å². The predicted octanol–water partition coefficient (Wildman–Crippen LogP) is 7.32. The number of hydrogen-bond donors (Lipinski definition) is 3. The summed E-state index contributed by atoms with van der Waals surface area (Å²) in [5, 5.41) is 30.2. The largest absolute Gasteiger partial charge is 0.371 e. The number of rotatable bonds is 12. The van der Waals surface area contributed by atoms with E-state index in [0.717, 1.165) is 29.9 Å². The summed E-state index contributed by atoms with van der Waals surface area (Å²) < 4.78 is 15.7. The van der Waals surface area contributed by atoms with Gasteiger partial charge in [0, 0.05) is 48.0 Å². The highest BCUT2D eigenvalue weighted by atomic mass is 35.5. The molecular formula is C33H34Cl2FN9. The van der Waals surface area contributed by atoms with Gasteiger partial charge in [0.25, 0.3) is 0 Å². The van der Waals surface area contributed by atoms with Crippen LogP contribution in [0, 0.1) is 17.1 Å². The van der Waals surface area contributed by atoms with Gasteiger partial charge in [0.1, 0.15) is 17.6 Å². The molecule has 3 N–H and O–H groups in total. The van der Waals surface area contributed by atoms with Crippen molar-refractivity contribution in [2.24, 2.45) is 0 Å². The Labute approximate surface area is 272 Å². The number of benzene rings is 3. The molecule has 3 aromatic carbocycles. The van der Waals surface area contributed by atoms with E-state index in [1.54, 1.807) is 18.2 Å². The van der Waals surface area contributed by atoms with Crippen molar-refractivity contribution in [2.75, 3.05) is 37.8 Å². The zero-order valence-corrected chi connectivity index (χ0v) is 27.0. The van der Waals surface area contributed by atoms with Crippen molar-refractivity contribution < 1.29 is 4.39 Å². The average Bonchev–Trinajstić information content (AvgIpc) is 3.51. The molecule has 9 nitrogen and oxygen atoms in total. The van der Waals surface area contributed by atoms with Crippen LogP contribution in [0.3, 0.4) is 0 Å². The molecule has 5 rings (SSSR count). The zero-order valence-electron chi connectivity index (χ0n) is 25.4. The van der Waals surface area contributed by atoms with E-state index >= 15 is 0 Å². The summed E-state index contributed by atoms with van der Waals surface area (Å²) in [6.07, 6.45) is 3.43. The van der Waals surface area contributed by atoms with E-state index in [2.05, 4.69) is 74.5 Å². The highest BCUT2D eigenvalue weighted by Crippen LogP contribution is 2.38. The summed E-state index contributed by atoms with van der Waals surface area (Å²) in [7, 11) is 4.10. The Balaban J connectivity index is 1.56. The lowest BCUT2D eigenvalue weighted by atomic mass is 10.0. The Kier molecular flexibility index (Phi) is 10.2. The fourth-order valence-electron chi connectivity index (χ4n) is 4.89. The number of hydrogen-bond acceptors (Lipinski definition) is 8. The summed E-state index contributed by atoms with van der Waals surface area (Å²) in [6.45, 7) is 6.62. The topological polar surface area (TPSA) is 107 Å². The van der Waals surface area contributed by atoms with Crippen LogP contribution in [0.25, 0.3) is 10.9 Å². The molecular weight excluding hydrogens is 612 g/mol. The van der Waals surface area contributed by atoms with Crippen LogP contribution < -0.4 is 16.0 Å². The first kappa shape index (κ1) is 32.1. The molecule has 0 aliphatic rings. The monoisotopic (exact) mass is 645 g/mol. The number of nitriles is 1. The highest BCUT2D eigenvalue weighted by molar-refractivity contribution is 6.32. The van der Waals surface area contributed by atoms with E-state index in [1.165, 1.54) is 18.3 Å². The minimum Gasteiger partial charge on any atom is -0.371 e. The van der Waals surface area contributed by atoms with Gasteiger partial charge < -0.3 is 20.9 Å². The van der Waals surface area contributed by atoms with Crippen LogP contribution in [-0.2, 0) is 6.54 Å². The molecule has 0 radical (unpaired) electrons. The average molecular weight is 647 g/mol. The molecule has 0 saturated carbocycles. The minimum atomic E-state index is -0.536. The third-order valence-corrected chi connectivity index (χ3v) is 7.76. The third kappa shape index (κ3) is 7.70. The summed E-state index contributed by atoms with van der Waals surface area (Å²) in [6, 6.07) is 18.1. The molecule has 2 heterocycles. The molecule has 0 aliphatic carbocycles. The van der Waals surface area contributed by atoms with Gasteiger partial charge in [-0.2, -0.15) is 5.26 Å². The maximum atomic E-state index is 13.9. The second-order valence-corrected chi connectivity index (χ2v) is 12.1. The number of halogens is 3. The van der Waals surface area contributed by atoms with Gasteiger partial charge in [0.05, 0.1) is 39.7 Å². The maximum absolute atomic E-state index is 13.9. The Bertz CT molecular complexity index is 1850. The van der Waals surface area contributed by atoms with Crippen molar-refractivity contribution in [3.8, 4) is 6.07 Å². The van der Waals surface area contributed by atoms with Crippen molar-refractivity contribution in [3.05, 3.63) is 105 Å². The van der Waals surface area contributed by atoms with E-state index in [4.69, 9.17) is 23.2 Å². The van der Waals surface area contributed by atoms with Crippen LogP contribution in [0.15, 0.2) is 67.0 Å². The normalized spacial score (nSPS) is 12.1. The predicted molar refractivity (Wildman–Crippen MR) is 179 cm³/mol. The van der Waals surface area contributed by atoms with Crippen molar-refractivity contribution in [1.29, 1.82) is 5.26 Å². The zero-order chi connectivity index (χ0) is 32.1. The fraction of sp³-hybridized carbons (Fsp3) is 0.273. The molecule has 0 unspecified atom stereocenters. The van der Waals surface area contributed by atoms with Gasteiger partial charge in [-0.15, -0.1) is 5.10 Å². The molecule has 0 amide bonds. The molecule has 0 fully saturated rings. The molecule has 5 aromatic rings. The summed E-state index contributed by atoms with van der Waals surface area (Å²) in [5.41, 5.74) is 5.34. The summed E-state index contributed by atoms with van der Waals surface area (Å²) in [4.78, 5) is 6.80. The number of aromatic nitrogens is 4. The van der Waals surface area contributed by atoms with E-state index < -0.39 is 11.9 Å². The Morgan fingerprint density at radius 3 is 2.62 bits per heavy atom. The first-order valence-electron chi connectivity index (χ1n) is 14.5. The summed E-state index contributed by atoms with van der Waals surface area (Å²) in [5.74, 6) is -0.536. The van der Waals surface area contributed by atoms with E-state index in [0.29, 0.717) is 45.1 Å². The number of pyridine rings is 1. The van der Waals surface area contributed by atoms with E-state index in [-0.39, 0.29) is 11.1 Å². The van der Waals surface area contributed by atoms with Crippen LogP contribution >= 0.6 is 23.2 Å². The van der Waals surface area contributed by atoms with Gasteiger partial charge in [-0.25, -0.2) is 9.07 Å². The molecule has 12 heteroatoms. The lowest BCUT2D eigenvalue weighted by molar-refractivity contribution is 0.400. The SMILES string of the molecule is CC(C)n1cc([C@@H](Nc2cc(Cl)cc3c(Nc4ccc(F)c(Cl)c4)c(C#N)cnc23)c2cccc(CNCCN(C)C)c2)nn1. The maximum Gasteiger partial charge on any atom is 0.141 e. The number of nitrogens with one attached hydrogen (secondary N) is 3. The fourth-order valence-corrected chi connectivity index (χ4v) is 5.29. The van der Waals surface area contributed by atoms with Crippen LogP contribution in [0.4, 0.5) is 21.5 Å². The summed E-state index contributed by atoms with van der Waals surface area (Å²) >= 11 is 12.7. The Morgan fingerprint density at radius 1 is 1.09 bits per heavy atom. The second-order valence-electron chi connectivity index (χ2n) is 11.3. The van der Waals surface area contributed by atoms with Gasteiger partial charge >= 0.3 is 0 Å². The lowest BCUT2D eigenvalue weighted by Crippen LogP contribution is -2.26. The highest BCUT2D eigenvalue weighted by Gasteiger charge is 2.22. The van der Waals surface area contributed by atoms with Crippen LogP contribution in [0.5, 0.6) is 0 Å². The van der Waals surface area contributed by atoms with Gasteiger partial charge in [-0.05, 0) is 69.4 Å². The Morgan fingerprint density at radius 2 is 1.91 bits per heavy atom. The van der Waals surface area contributed by atoms with E-state index in [1.807, 2.05) is 30.8 Å². The van der Waals surface area contributed by atoms with Crippen molar-refractivity contribution >= 4 is 51.2 Å². The van der Waals surface area contributed by atoms with Crippen LogP contribution in [0.2, 0.25) is 10.0 Å². The minimum absolute atomic E-state index is 0.0373. The van der Waals surface area contributed by atoms with Crippen molar-refractivity contribution in [1.82, 2.24) is 30.2 Å². The number of nitrogens with zero attached hydrogens (tertiary/aromatic N) is 6. The van der Waals surface area contributed by atoms with Gasteiger partial charge in [-0.1, -0.05) is 52.7 Å². The number of likely N-dealkylation sites (N-methyl/N-ethyl adjacent to an activating group) is 1. The molecule has 1 atom stereocenters. The molecule has 0 spiro atoms. The molecule has 2 aromatic heterocycles. The lowest BCUT2D eigenvalue weighted by Gasteiger charge is -2.21. The number of anilines is 3. The Hall–Kier alpha value is -4.27. The van der Waals surface area contributed by atoms with Gasteiger partial charge in [0.15, 0.2) is 0 Å². The first-order valence-corrected chi connectivity index (χ1v) is 15.3. The van der Waals surface area contributed by atoms with Crippen molar-refractivity contribution in [3.63, 3.8) is 0 Å². The van der Waals surface area contributed by atoms with E-state index in [9.17, 15) is 9.65 Å². The van der Waals surface area contributed by atoms with Crippen LogP contribution in [-0.4, -0.2) is 52.1 Å².